The van der Waals surface area contributed by atoms with Gasteiger partial charge in [-0.1, -0.05) is 18.2 Å². The molecule has 0 aliphatic heterocycles. The van der Waals surface area contributed by atoms with Crippen molar-refractivity contribution in [2.24, 2.45) is 0 Å². The van der Waals surface area contributed by atoms with Crippen molar-refractivity contribution in [1.29, 1.82) is 0 Å². The Morgan fingerprint density at radius 3 is 2.82 bits per heavy atom. The van der Waals surface area contributed by atoms with E-state index in [1.54, 1.807) is 6.20 Å². The van der Waals surface area contributed by atoms with Gasteiger partial charge in [0.05, 0.1) is 12.1 Å². The second-order valence-electron chi connectivity index (χ2n) is 4.95. The van der Waals surface area contributed by atoms with E-state index in [1.165, 1.54) is 6.26 Å². The number of oxazole rings is 1. The maximum atomic E-state index is 12.0. The summed E-state index contributed by atoms with van der Waals surface area (Å²) in [5.74, 6) is 0.875. The molecular formula is C17H15N3O2. The maximum absolute atomic E-state index is 12.0. The third kappa shape index (κ3) is 3.38. The van der Waals surface area contributed by atoms with Gasteiger partial charge in [-0.2, -0.15) is 0 Å². The van der Waals surface area contributed by atoms with Gasteiger partial charge < -0.3 is 9.73 Å². The molecule has 0 aliphatic carbocycles. The van der Waals surface area contributed by atoms with Gasteiger partial charge in [0.2, 0.25) is 11.8 Å². The highest BCUT2D eigenvalue weighted by Gasteiger charge is 2.11. The van der Waals surface area contributed by atoms with Gasteiger partial charge in [0.1, 0.15) is 12.1 Å². The Balaban J connectivity index is 1.66. The molecule has 5 nitrogen and oxygen atoms in total. The number of rotatable bonds is 4. The maximum Gasteiger partial charge on any atom is 0.231 e. The lowest BCUT2D eigenvalue weighted by atomic mass is 10.2. The minimum atomic E-state index is -0.175. The zero-order valence-corrected chi connectivity index (χ0v) is 12.1. The molecule has 5 heteroatoms. The van der Waals surface area contributed by atoms with Gasteiger partial charge in [-0.05, 0) is 36.8 Å². The zero-order valence-electron chi connectivity index (χ0n) is 12.1. The standard InChI is InChI=1S/C17H15N3O2/c1-12-7-8-18-15(9-12)20-16(21)10-14-11-22-17(19-14)13-5-3-2-4-6-13/h2-9,11H,10H2,1H3,(H,18,20,21). The van der Waals surface area contributed by atoms with Crippen LogP contribution in [0.2, 0.25) is 0 Å². The number of aromatic nitrogens is 2. The van der Waals surface area contributed by atoms with E-state index >= 15 is 0 Å². The fourth-order valence-electron chi connectivity index (χ4n) is 2.06. The summed E-state index contributed by atoms with van der Waals surface area (Å²) >= 11 is 0. The molecule has 0 unspecified atom stereocenters. The van der Waals surface area contributed by atoms with E-state index in [4.69, 9.17) is 4.42 Å². The van der Waals surface area contributed by atoms with E-state index in [0.29, 0.717) is 17.4 Å². The molecular weight excluding hydrogens is 278 g/mol. The van der Waals surface area contributed by atoms with Crippen molar-refractivity contribution in [2.45, 2.75) is 13.3 Å². The van der Waals surface area contributed by atoms with Crippen LogP contribution < -0.4 is 5.32 Å². The summed E-state index contributed by atoms with van der Waals surface area (Å²) in [5.41, 5.74) is 2.51. The Hall–Kier alpha value is -2.95. The molecule has 0 saturated carbocycles. The van der Waals surface area contributed by atoms with Crippen LogP contribution in [0.25, 0.3) is 11.5 Å². The largest absolute Gasteiger partial charge is 0.444 e. The van der Waals surface area contributed by atoms with E-state index < -0.39 is 0 Å². The zero-order chi connectivity index (χ0) is 15.4. The van der Waals surface area contributed by atoms with Gasteiger partial charge in [-0.25, -0.2) is 9.97 Å². The van der Waals surface area contributed by atoms with Gasteiger partial charge in [0.25, 0.3) is 0 Å². The molecule has 0 atom stereocenters. The van der Waals surface area contributed by atoms with Crippen LogP contribution in [0.3, 0.4) is 0 Å². The highest BCUT2D eigenvalue weighted by molar-refractivity contribution is 5.91. The van der Waals surface area contributed by atoms with E-state index in [2.05, 4.69) is 15.3 Å². The van der Waals surface area contributed by atoms with Gasteiger partial charge >= 0.3 is 0 Å². The topological polar surface area (TPSA) is 68.0 Å². The third-order valence-electron chi connectivity index (χ3n) is 3.10. The number of aryl methyl sites for hydroxylation is 1. The molecule has 1 N–H and O–H groups in total. The number of carbonyl (C=O) groups excluding carboxylic acids is 1. The SMILES string of the molecule is Cc1ccnc(NC(=O)Cc2coc(-c3ccccc3)n2)c1. The van der Waals surface area contributed by atoms with Gasteiger partial charge in [-0.3, -0.25) is 4.79 Å². The highest BCUT2D eigenvalue weighted by Crippen LogP contribution is 2.18. The lowest BCUT2D eigenvalue weighted by Crippen LogP contribution is -2.15. The van der Waals surface area contributed by atoms with Gasteiger partial charge in [0.15, 0.2) is 0 Å². The number of anilines is 1. The van der Waals surface area contributed by atoms with E-state index in [-0.39, 0.29) is 12.3 Å². The Kier molecular flexibility index (Phi) is 3.96. The number of amides is 1. The number of pyridine rings is 1. The van der Waals surface area contributed by atoms with Crippen LogP contribution in [0, 0.1) is 6.92 Å². The monoisotopic (exact) mass is 293 g/mol. The summed E-state index contributed by atoms with van der Waals surface area (Å²) in [7, 11) is 0. The summed E-state index contributed by atoms with van der Waals surface area (Å²) in [5, 5.41) is 2.75. The fraction of sp³-hybridized carbons (Fsp3) is 0.118. The number of benzene rings is 1. The molecule has 2 heterocycles. The predicted octanol–water partition coefficient (Wildman–Crippen LogP) is 3.23. The Morgan fingerprint density at radius 1 is 1.23 bits per heavy atom. The lowest BCUT2D eigenvalue weighted by Gasteiger charge is -2.03. The van der Waals surface area contributed by atoms with Crippen LogP contribution in [0.15, 0.2) is 59.3 Å². The van der Waals surface area contributed by atoms with Crippen molar-refractivity contribution >= 4 is 11.7 Å². The van der Waals surface area contributed by atoms with Crippen molar-refractivity contribution in [3.05, 3.63) is 66.2 Å². The second kappa shape index (κ2) is 6.22. The number of hydrogen-bond donors (Lipinski definition) is 1. The highest BCUT2D eigenvalue weighted by atomic mass is 16.3. The van der Waals surface area contributed by atoms with Crippen molar-refractivity contribution in [3.63, 3.8) is 0 Å². The molecule has 2 aromatic heterocycles. The minimum Gasteiger partial charge on any atom is -0.444 e. The first-order valence-electron chi connectivity index (χ1n) is 6.93. The first-order valence-corrected chi connectivity index (χ1v) is 6.93. The van der Waals surface area contributed by atoms with Gasteiger partial charge in [-0.15, -0.1) is 0 Å². The van der Waals surface area contributed by atoms with Crippen molar-refractivity contribution in [1.82, 2.24) is 9.97 Å². The molecule has 22 heavy (non-hydrogen) atoms. The average molecular weight is 293 g/mol. The van der Waals surface area contributed by atoms with E-state index in [9.17, 15) is 4.79 Å². The summed E-state index contributed by atoms with van der Waals surface area (Å²) < 4.78 is 5.41. The van der Waals surface area contributed by atoms with E-state index in [1.807, 2.05) is 49.4 Å². The van der Waals surface area contributed by atoms with Crippen LogP contribution in [-0.2, 0) is 11.2 Å². The summed E-state index contributed by atoms with van der Waals surface area (Å²) in [4.78, 5) is 20.4. The molecule has 110 valence electrons. The number of hydrogen-bond acceptors (Lipinski definition) is 4. The Labute approximate surface area is 128 Å². The molecule has 3 rings (SSSR count). The average Bonchev–Trinajstić information content (AvgIpc) is 2.96. The quantitative estimate of drug-likeness (QED) is 0.802. The first-order chi connectivity index (χ1) is 10.7. The summed E-state index contributed by atoms with van der Waals surface area (Å²) in [6, 6.07) is 13.3. The molecule has 3 aromatic rings. The predicted molar refractivity (Wildman–Crippen MR) is 83.2 cm³/mol. The molecule has 1 aromatic carbocycles. The van der Waals surface area contributed by atoms with E-state index in [0.717, 1.165) is 11.1 Å². The molecule has 0 saturated heterocycles. The first kappa shape index (κ1) is 14.0. The van der Waals surface area contributed by atoms with Crippen LogP contribution in [0.5, 0.6) is 0 Å². The molecule has 0 fully saturated rings. The molecule has 1 amide bonds. The third-order valence-corrected chi connectivity index (χ3v) is 3.10. The van der Waals surface area contributed by atoms with Crippen molar-refractivity contribution in [3.8, 4) is 11.5 Å². The molecule has 0 radical (unpaired) electrons. The minimum absolute atomic E-state index is 0.145. The lowest BCUT2D eigenvalue weighted by molar-refractivity contribution is -0.115. The van der Waals surface area contributed by atoms with Crippen molar-refractivity contribution in [2.75, 3.05) is 5.32 Å². The molecule has 0 aliphatic rings. The normalized spacial score (nSPS) is 10.4. The smallest absolute Gasteiger partial charge is 0.231 e. The van der Waals surface area contributed by atoms with Gasteiger partial charge in [0, 0.05) is 11.8 Å². The van der Waals surface area contributed by atoms with Crippen LogP contribution in [0.4, 0.5) is 5.82 Å². The van der Waals surface area contributed by atoms with Crippen LogP contribution >= 0.6 is 0 Å². The summed E-state index contributed by atoms with van der Waals surface area (Å²) in [6.07, 6.45) is 3.31. The summed E-state index contributed by atoms with van der Waals surface area (Å²) in [6.45, 7) is 1.95. The Bertz CT molecular complexity index is 781. The van der Waals surface area contributed by atoms with Crippen molar-refractivity contribution < 1.29 is 9.21 Å². The molecule has 0 spiro atoms. The fourth-order valence-corrected chi connectivity index (χ4v) is 2.06. The second-order valence-corrected chi connectivity index (χ2v) is 4.95. The number of carbonyl (C=O) groups is 1. The van der Waals surface area contributed by atoms with Crippen LogP contribution in [0.1, 0.15) is 11.3 Å². The number of nitrogens with one attached hydrogen (secondary N) is 1. The molecule has 0 bridgehead atoms. The van der Waals surface area contributed by atoms with Crippen LogP contribution in [-0.4, -0.2) is 15.9 Å². The Morgan fingerprint density at radius 2 is 2.05 bits per heavy atom. The number of nitrogens with zero attached hydrogens (tertiary/aromatic N) is 2.